The lowest BCUT2D eigenvalue weighted by atomic mass is 10.1. The summed E-state index contributed by atoms with van der Waals surface area (Å²) in [6.45, 7) is 6.64. The highest BCUT2D eigenvalue weighted by atomic mass is 32.2. The van der Waals surface area contributed by atoms with Gasteiger partial charge in [-0.1, -0.05) is 6.07 Å². The smallest absolute Gasteiger partial charge is 0.256 e. The van der Waals surface area contributed by atoms with E-state index in [1.54, 1.807) is 17.9 Å². The Kier molecular flexibility index (Phi) is 5.56. The van der Waals surface area contributed by atoms with Crippen molar-refractivity contribution in [3.8, 4) is 0 Å². The van der Waals surface area contributed by atoms with Gasteiger partial charge in [-0.05, 0) is 81.0 Å². The number of carbonyl (C=O) groups excluding carboxylic acids is 1. The first-order chi connectivity index (χ1) is 14.7. The van der Waals surface area contributed by atoms with Crippen molar-refractivity contribution in [1.29, 1.82) is 0 Å². The number of sulfone groups is 1. The number of piperidine rings is 1. The van der Waals surface area contributed by atoms with Crippen LogP contribution in [0.5, 0.6) is 0 Å². The van der Waals surface area contributed by atoms with Gasteiger partial charge in [0.25, 0.3) is 5.91 Å². The number of aromatic nitrogens is 1. The third-order valence-corrected chi connectivity index (χ3v) is 8.00. The minimum Gasteiger partial charge on any atom is -0.339 e. The number of nitrogens with zero attached hydrogens (tertiary/aromatic N) is 2. The highest BCUT2D eigenvalue weighted by Crippen LogP contribution is 2.34. The van der Waals surface area contributed by atoms with Crippen molar-refractivity contribution in [2.45, 2.75) is 49.8 Å². The maximum Gasteiger partial charge on any atom is 0.256 e. The molecule has 2 heterocycles. The first-order valence-electron chi connectivity index (χ1n) is 10.4. The predicted octanol–water partition coefficient (Wildman–Crippen LogP) is 4.76. The summed E-state index contributed by atoms with van der Waals surface area (Å²) in [5.74, 6) is -0.955. The first kappa shape index (κ1) is 21.4. The number of benzene rings is 2. The molecule has 2 aromatic carbocycles. The molecule has 1 aliphatic rings. The Balaban J connectivity index is 2.01. The third-order valence-electron chi connectivity index (χ3n) is 6.00. The van der Waals surface area contributed by atoms with Crippen molar-refractivity contribution in [3.63, 3.8) is 0 Å². The lowest BCUT2D eigenvalue weighted by molar-refractivity contribution is 0.0720. The zero-order valence-electron chi connectivity index (χ0n) is 17.9. The molecule has 1 saturated heterocycles. The van der Waals surface area contributed by atoms with Gasteiger partial charge in [-0.3, -0.25) is 9.78 Å². The van der Waals surface area contributed by atoms with Gasteiger partial charge in [0.15, 0.2) is 0 Å². The van der Waals surface area contributed by atoms with E-state index in [2.05, 4.69) is 4.98 Å². The summed E-state index contributed by atoms with van der Waals surface area (Å²) in [6, 6.07) is 7.27. The molecule has 0 unspecified atom stereocenters. The van der Waals surface area contributed by atoms with Crippen LogP contribution in [0, 0.1) is 26.6 Å². The van der Waals surface area contributed by atoms with Gasteiger partial charge in [0.05, 0.1) is 20.9 Å². The topological polar surface area (TPSA) is 67.3 Å². The highest BCUT2D eigenvalue weighted by Gasteiger charge is 2.31. The van der Waals surface area contributed by atoms with E-state index in [0.29, 0.717) is 24.2 Å². The first-order valence-corrected chi connectivity index (χ1v) is 11.9. The van der Waals surface area contributed by atoms with E-state index in [-0.39, 0.29) is 26.6 Å². The van der Waals surface area contributed by atoms with Gasteiger partial charge in [0.1, 0.15) is 5.82 Å². The van der Waals surface area contributed by atoms with Gasteiger partial charge in [0, 0.05) is 24.7 Å². The second-order valence-electron chi connectivity index (χ2n) is 8.22. The van der Waals surface area contributed by atoms with Crippen molar-refractivity contribution in [2.75, 3.05) is 13.1 Å². The lowest BCUT2D eigenvalue weighted by Crippen LogP contribution is -2.36. The standard InChI is InChI=1S/C24H25FN2O3S/c1-15-11-17(3)22(12-16(15)2)31(29,30)23-19-13-18(25)7-8-21(19)26-14-20(23)24(28)27-9-5-4-6-10-27/h7-8,11-14H,4-6,9-10H2,1-3H3. The van der Waals surface area contributed by atoms with Gasteiger partial charge in [0.2, 0.25) is 9.84 Å². The molecule has 3 aromatic rings. The molecule has 0 saturated carbocycles. The summed E-state index contributed by atoms with van der Waals surface area (Å²) in [4.78, 5) is 19.3. The number of hydrogen-bond acceptors (Lipinski definition) is 4. The zero-order chi connectivity index (χ0) is 22.3. The average molecular weight is 441 g/mol. The van der Waals surface area contributed by atoms with E-state index < -0.39 is 15.7 Å². The molecule has 31 heavy (non-hydrogen) atoms. The van der Waals surface area contributed by atoms with E-state index in [4.69, 9.17) is 0 Å². The van der Waals surface area contributed by atoms with Crippen LogP contribution < -0.4 is 0 Å². The maximum absolute atomic E-state index is 14.2. The lowest BCUT2D eigenvalue weighted by Gasteiger charge is -2.27. The second-order valence-corrected chi connectivity index (χ2v) is 10.1. The van der Waals surface area contributed by atoms with Crippen molar-refractivity contribution < 1.29 is 17.6 Å². The Bertz CT molecular complexity index is 1300. The molecule has 0 spiro atoms. The van der Waals surface area contributed by atoms with Crippen LogP contribution in [-0.4, -0.2) is 37.3 Å². The number of likely N-dealkylation sites (tertiary alicyclic amines) is 1. The Morgan fingerprint density at radius 3 is 2.35 bits per heavy atom. The summed E-state index contributed by atoms with van der Waals surface area (Å²) < 4.78 is 42.0. The number of carbonyl (C=O) groups is 1. The molecule has 1 amide bonds. The van der Waals surface area contributed by atoms with Gasteiger partial charge in [-0.25, -0.2) is 12.8 Å². The summed E-state index contributed by atoms with van der Waals surface area (Å²) >= 11 is 0. The minimum absolute atomic E-state index is 0.00220. The minimum atomic E-state index is -4.12. The molecule has 5 nitrogen and oxygen atoms in total. The van der Waals surface area contributed by atoms with Crippen LogP contribution in [0.3, 0.4) is 0 Å². The van der Waals surface area contributed by atoms with Crippen LogP contribution in [0.15, 0.2) is 46.3 Å². The number of fused-ring (bicyclic) bond motifs is 1. The van der Waals surface area contributed by atoms with Gasteiger partial charge in [-0.2, -0.15) is 0 Å². The Morgan fingerprint density at radius 2 is 1.65 bits per heavy atom. The molecule has 0 atom stereocenters. The quantitative estimate of drug-likeness (QED) is 0.589. The second kappa shape index (κ2) is 8.04. The van der Waals surface area contributed by atoms with Crippen LogP contribution in [0.1, 0.15) is 46.3 Å². The number of pyridine rings is 1. The number of halogens is 1. The Morgan fingerprint density at radius 1 is 0.968 bits per heavy atom. The number of amides is 1. The largest absolute Gasteiger partial charge is 0.339 e. The molecule has 1 fully saturated rings. The number of rotatable bonds is 3. The summed E-state index contributed by atoms with van der Waals surface area (Å²) in [7, 11) is -4.12. The van der Waals surface area contributed by atoms with Crippen molar-refractivity contribution in [3.05, 3.63) is 64.6 Å². The molecule has 4 rings (SSSR count). The molecule has 1 aromatic heterocycles. The molecular weight excluding hydrogens is 415 g/mol. The SMILES string of the molecule is Cc1cc(C)c(S(=O)(=O)c2c(C(=O)N3CCCCC3)cnc3ccc(F)cc23)cc1C. The van der Waals surface area contributed by atoms with Gasteiger partial charge in [-0.15, -0.1) is 0 Å². The van der Waals surface area contributed by atoms with E-state index in [1.807, 2.05) is 19.9 Å². The number of hydrogen-bond donors (Lipinski definition) is 0. The van der Waals surface area contributed by atoms with Crippen LogP contribution in [0.2, 0.25) is 0 Å². The van der Waals surface area contributed by atoms with E-state index in [9.17, 15) is 17.6 Å². The van der Waals surface area contributed by atoms with E-state index >= 15 is 0 Å². The summed E-state index contributed by atoms with van der Waals surface area (Å²) in [5.41, 5.74) is 2.72. The zero-order valence-corrected chi connectivity index (χ0v) is 18.7. The van der Waals surface area contributed by atoms with Gasteiger partial charge >= 0.3 is 0 Å². The molecule has 0 bridgehead atoms. The highest BCUT2D eigenvalue weighted by molar-refractivity contribution is 7.91. The normalized spacial score (nSPS) is 14.8. The molecule has 0 N–H and O–H groups in total. The summed E-state index contributed by atoms with van der Waals surface area (Å²) in [6.07, 6.45) is 4.11. The van der Waals surface area contributed by atoms with Crippen LogP contribution in [-0.2, 0) is 9.84 Å². The molecule has 1 aliphatic heterocycles. The van der Waals surface area contributed by atoms with Crippen LogP contribution >= 0.6 is 0 Å². The van der Waals surface area contributed by atoms with Crippen molar-refractivity contribution in [2.24, 2.45) is 0 Å². The fraction of sp³-hybridized carbons (Fsp3) is 0.333. The predicted molar refractivity (Wildman–Crippen MR) is 118 cm³/mol. The monoisotopic (exact) mass is 440 g/mol. The fourth-order valence-corrected chi connectivity index (χ4v) is 6.10. The van der Waals surface area contributed by atoms with Crippen LogP contribution in [0.25, 0.3) is 10.9 Å². The van der Waals surface area contributed by atoms with E-state index in [1.165, 1.54) is 18.3 Å². The molecule has 0 aliphatic carbocycles. The van der Waals surface area contributed by atoms with Crippen LogP contribution in [0.4, 0.5) is 4.39 Å². The van der Waals surface area contributed by atoms with E-state index in [0.717, 1.165) is 36.5 Å². The molecule has 7 heteroatoms. The molecular formula is C24H25FN2O3S. The third kappa shape index (κ3) is 3.82. The van der Waals surface area contributed by atoms with Crippen molar-refractivity contribution >= 4 is 26.6 Å². The fourth-order valence-electron chi connectivity index (χ4n) is 4.18. The molecule has 0 radical (unpaired) electrons. The Labute approximate surface area is 181 Å². The van der Waals surface area contributed by atoms with Crippen molar-refractivity contribution in [1.82, 2.24) is 9.88 Å². The maximum atomic E-state index is 14.2. The summed E-state index contributed by atoms with van der Waals surface area (Å²) in [5, 5.41) is 0.125. The Hall–Kier alpha value is -2.80. The van der Waals surface area contributed by atoms with Gasteiger partial charge < -0.3 is 4.90 Å². The molecule has 162 valence electrons. The average Bonchev–Trinajstić information content (AvgIpc) is 2.75. The number of aryl methyl sites for hydroxylation is 3.